The zero-order valence-corrected chi connectivity index (χ0v) is 12.6. The van der Waals surface area contributed by atoms with Gasteiger partial charge in [0.1, 0.15) is 0 Å². The molecule has 0 bridgehead atoms. The number of carbonyl (C=O) groups is 1. The second-order valence-electron chi connectivity index (χ2n) is 5.76. The molecule has 20 heavy (non-hydrogen) atoms. The van der Waals surface area contributed by atoms with Gasteiger partial charge in [0.25, 0.3) is 0 Å². The summed E-state index contributed by atoms with van der Waals surface area (Å²) in [6.07, 6.45) is 3.87. The van der Waals surface area contributed by atoms with E-state index in [4.69, 9.17) is 4.74 Å². The topological polar surface area (TPSA) is 41.6 Å². The molecule has 1 saturated carbocycles. The van der Waals surface area contributed by atoms with Gasteiger partial charge in [-0.3, -0.25) is 0 Å². The number of benzene rings is 1. The van der Waals surface area contributed by atoms with Gasteiger partial charge in [-0.15, -0.1) is 0 Å². The van der Waals surface area contributed by atoms with Crippen LogP contribution in [0.25, 0.3) is 0 Å². The maximum absolute atomic E-state index is 11.3. The van der Waals surface area contributed by atoms with Crippen LogP contribution in [0.4, 0.5) is 0 Å². The van der Waals surface area contributed by atoms with Crippen LogP contribution in [0.3, 0.4) is 0 Å². The van der Waals surface area contributed by atoms with E-state index >= 15 is 0 Å². The summed E-state index contributed by atoms with van der Waals surface area (Å²) in [7, 11) is 5.72. The summed E-state index contributed by atoms with van der Waals surface area (Å²) in [5, 5.41) is 3.53. The Labute approximate surface area is 121 Å². The Bertz CT molecular complexity index is 450. The molecule has 1 fully saturated rings. The van der Waals surface area contributed by atoms with Crippen molar-refractivity contribution in [2.45, 2.75) is 31.3 Å². The number of carbonyl (C=O) groups excluding carboxylic acids is 1. The smallest absolute Gasteiger partial charge is 0.337 e. The third kappa shape index (κ3) is 3.19. The molecule has 0 atom stereocenters. The van der Waals surface area contributed by atoms with Gasteiger partial charge in [-0.25, -0.2) is 4.79 Å². The maximum Gasteiger partial charge on any atom is 0.337 e. The number of rotatable bonds is 6. The van der Waals surface area contributed by atoms with Crippen molar-refractivity contribution in [1.82, 2.24) is 10.2 Å². The molecule has 1 aromatic rings. The average molecular weight is 276 g/mol. The van der Waals surface area contributed by atoms with Crippen LogP contribution in [0.5, 0.6) is 0 Å². The van der Waals surface area contributed by atoms with Gasteiger partial charge in [-0.2, -0.15) is 0 Å². The molecular weight excluding hydrogens is 252 g/mol. The fraction of sp³-hybridized carbons (Fsp3) is 0.562. The predicted molar refractivity (Wildman–Crippen MR) is 79.8 cm³/mol. The molecular formula is C16H24N2O2. The number of nitrogens with zero attached hydrogens (tertiary/aromatic N) is 1. The third-order valence-corrected chi connectivity index (χ3v) is 4.39. The number of hydrogen-bond donors (Lipinski definition) is 1. The molecule has 1 aromatic carbocycles. The first-order chi connectivity index (χ1) is 9.57. The molecule has 1 N–H and O–H groups in total. The van der Waals surface area contributed by atoms with Crippen LogP contribution in [0.2, 0.25) is 0 Å². The Morgan fingerprint density at radius 1 is 1.30 bits per heavy atom. The van der Waals surface area contributed by atoms with E-state index < -0.39 is 0 Å². The van der Waals surface area contributed by atoms with E-state index in [9.17, 15) is 4.79 Å². The number of hydrogen-bond acceptors (Lipinski definition) is 4. The Kier molecular flexibility index (Phi) is 4.78. The predicted octanol–water partition coefficient (Wildman–Crippen LogP) is 2.05. The monoisotopic (exact) mass is 276 g/mol. The van der Waals surface area contributed by atoms with Gasteiger partial charge in [0.05, 0.1) is 12.7 Å². The Balaban J connectivity index is 1.84. The molecule has 0 aromatic heterocycles. The standard InChI is InChI=1S/C16H24N2O2/c1-18(2)16(9-4-10-16)12-17-11-13-5-7-14(8-6-13)15(19)20-3/h5-8,17H,4,9-12H2,1-3H3. The largest absolute Gasteiger partial charge is 0.465 e. The summed E-state index contributed by atoms with van der Waals surface area (Å²) in [4.78, 5) is 13.7. The number of likely N-dealkylation sites (N-methyl/N-ethyl adjacent to an activating group) is 1. The van der Waals surface area contributed by atoms with Crippen LogP contribution in [-0.2, 0) is 11.3 Å². The van der Waals surface area contributed by atoms with Crippen LogP contribution in [0, 0.1) is 0 Å². The second-order valence-corrected chi connectivity index (χ2v) is 5.76. The van der Waals surface area contributed by atoms with Crippen LogP contribution >= 0.6 is 0 Å². The zero-order valence-electron chi connectivity index (χ0n) is 12.6. The van der Waals surface area contributed by atoms with E-state index in [-0.39, 0.29) is 5.97 Å². The summed E-state index contributed by atoms with van der Waals surface area (Å²) in [5.74, 6) is -0.287. The minimum Gasteiger partial charge on any atom is -0.465 e. The summed E-state index contributed by atoms with van der Waals surface area (Å²) in [6, 6.07) is 7.58. The molecule has 0 amide bonds. The highest BCUT2D eigenvalue weighted by atomic mass is 16.5. The molecule has 0 unspecified atom stereocenters. The molecule has 4 nitrogen and oxygen atoms in total. The number of nitrogens with one attached hydrogen (secondary N) is 1. The van der Waals surface area contributed by atoms with Gasteiger partial charge >= 0.3 is 5.97 Å². The summed E-state index contributed by atoms with van der Waals surface area (Å²) in [6.45, 7) is 1.84. The number of esters is 1. The van der Waals surface area contributed by atoms with Gasteiger partial charge in [-0.1, -0.05) is 12.1 Å². The van der Waals surface area contributed by atoms with Crippen molar-refractivity contribution in [2.24, 2.45) is 0 Å². The molecule has 1 aliphatic rings. The molecule has 0 spiro atoms. The van der Waals surface area contributed by atoms with Crippen molar-refractivity contribution in [3.05, 3.63) is 35.4 Å². The molecule has 110 valence electrons. The first-order valence-electron chi connectivity index (χ1n) is 7.13. The molecule has 2 rings (SSSR count). The Morgan fingerprint density at radius 2 is 1.95 bits per heavy atom. The van der Waals surface area contributed by atoms with Gasteiger partial charge < -0.3 is 15.0 Å². The highest BCUT2D eigenvalue weighted by molar-refractivity contribution is 5.89. The summed E-state index contributed by atoms with van der Waals surface area (Å²) < 4.78 is 4.69. The molecule has 0 heterocycles. The number of methoxy groups -OCH3 is 1. The van der Waals surface area contributed by atoms with E-state index in [1.807, 2.05) is 24.3 Å². The van der Waals surface area contributed by atoms with Gasteiger partial charge in [0.2, 0.25) is 0 Å². The average Bonchev–Trinajstić information content (AvgIpc) is 2.41. The van der Waals surface area contributed by atoms with Crippen LogP contribution in [0.15, 0.2) is 24.3 Å². The van der Waals surface area contributed by atoms with E-state index in [0.717, 1.165) is 13.1 Å². The lowest BCUT2D eigenvalue weighted by Crippen LogP contribution is -2.56. The lowest BCUT2D eigenvalue weighted by molar-refractivity contribution is 0.0598. The van der Waals surface area contributed by atoms with E-state index in [1.54, 1.807) is 0 Å². The maximum atomic E-state index is 11.3. The van der Waals surface area contributed by atoms with E-state index in [2.05, 4.69) is 24.3 Å². The molecule has 4 heteroatoms. The quantitative estimate of drug-likeness (QED) is 0.807. The fourth-order valence-corrected chi connectivity index (χ4v) is 2.68. The van der Waals surface area contributed by atoms with Gasteiger partial charge in [0, 0.05) is 18.6 Å². The van der Waals surface area contributed by atoms with Crippen molar-refractivity contribution in [1.29, 1.82) is 0 Å². The highest BCUT2D eigenvalue weighted by Crippen LogP contribution is 2.35. The molecule has 0 saturated heterocycles. The minimum absolute atomic E-state index is 0.287. The van der Waals surface area contributed by atoms with Crippen LogP contribution < -0.4 is 5.32 Å². The lowest BCUT2D eigenvalue weighted by atomic mass is 9.75. The first-order valence-corrected chi connectivity index (χ1v) is 7.13. The van der Waals surface area contributed by atoms with Gasteiger partial charge in [0.15, 0.2) is 0 Å². The highest BCUT2D eigenvalue weighted by Gasteiger charge is 2.38. The summed E-state index contributed by atoms with van der Waals surface area (Å²) in [5.41, 5.74) is 2.12. The lowest BCUT2D eigenvalue weighted by Gasteiger charge is -2.47. The fourth-order valence-electron chi connectivity index (χ4n) is 2.68. The van der Waals surface area contributed by atoms with E-state index in [1.165, 1.54) is 31.9 Å². The zero-order chi connectivity index (χ0) is 14.6. The Morgan fingerprint density at radius 3 is 2.40 bits per heavy atom. The van der Waals surface area contributed by atoms with Crippen LogP contribution in [-0.4, -0.2) is 44.2 Å². The summed E-state index contributed by atoms with van der Waals surface area (Å²) >= 11 is 0. The SMILES string of the molecule is COC(=O)c1ccc(CNCC2(N(C)C)CCC2)cc1. The van der Waals surface area contributed by atoms with Crippen LogP contribution in [0.1, 0.15) is 35.2 Å². The van der Waals surface area contributed by atoms with Crippen molar-refractivity contribution in [3.8, 4) is 0 Å². The first kappa shape index (κ1) is 15.0. The van der Waals surface area contributed by atoms with E-state index in [0.29, 0.717) is 11.1 Å². The molecule has 1 aliphatic carbocycles. The Hall–Kier alpha value is -1.39. The van der Waals surface area contributed by atoms with Gasteiger partial charge in [-0.05, 0) is 51.1 Å². The molecule has 0 aliphatic heterocycles. The van der Waals surface area contributed by atoms with Crippen molar-refractivity contribution in [3.63, 3.8) is 0 Å². The number of ether oxygens (including phenoxy) is 1. The third-order valence-electron chi connectivity index (χ3n) is 4.39. The van der Waals surface area contributed by atoms with Crippen molar-refractivity contribution >= 4 is 5.97 Å². The van der Waals surface area contributed by atoms with Crippen molar-refractivity contribution < 1.29 is 9.53 Å². The molecule has 0 radical (unpaired) electrons. The minimum atomic E-state index is -0.287. The van der Waals surface area contributed by atoms with Crippen molar-refractivity contribution in [2.75, 3.05) is 27.7 Å². The normalized spacial score (nSPS) is 16.8. The second kappa shape index (κ2) is 6.37.